The predicted octanol–water partition coefficient (Wildman–Crippen LogP) is 2.90. The van der Waals surface area contributed by atoms with Crippen molar-refractivity contribution >= 4 is 10.9 Å². The number of H-pyrrole nitrogens is 1. The van der Waals surface area contributed by atoms with Crippen molar-refractivity contribution in [2.24, 2.45) is 0 Å². The van der Waals surface area contributed by atoms with Gasteiger partial charge in [0.15, 0.2) is 5.82 Å². The molecule has 6 nitrogen and oxygen atoms in total. The summed E-state index contributed by atoms with van der Waals surface area (Å²) in [5, 5.41) is 13.9. The molecule has 2 heterocycles. The fourth-order valence-electron chi connectivity index (χ4n) is 2.80. The minimum Gasteiger partial charge on any atom is -0.342 e. The maximum atomic E-state index is 11.1. The van der Waals surface area contributed by atoms with Crippen molar-refractivity contribution in [3.63, 3.8) is 0 Å². The van der Waals surface area contributed by atoms with Crippen molar-refractivity contribution < 1.29 is 4.52 Å². The van der Waals surface area contributed by atoms with Crippen LogP contribution in [0.3, 0.4) is 0 Å². The molecule has 0 aliphatic carbocycles. The zero-order chi connectivity index (χ0) is 16.5. The monoisotopic (exact) mass is 316 g/mol. The molecule has 0 saturated heterocycles. The summed E-state index contributed by atoms with van der Waals surface area (Å²) in [4.78, 5) is 13.6. The quantitative estimate of drug-likeness (QED) is 0.629. The van der Waals surface area contributed by atoms with Crippen LogP contribution in [0.2, 0.25) is 0 Å². The van der Waals surface area contributed by atoms with E-state index in [9.17, 15) is 10.1 Å². The summed E-state index contributed by atoms with van der Waals surface area (Å²) in [7, 11) is 0. The summed E-state index contributed by atoms with van der Waals surface area (Å²) in [6.45, 7) is 0.680. The van der Waals surface area contributed by atoms with Crippen LogP contribution in [0.5, 0.6) is 0 Å². The molecule has 6 heteroatoms. The van der Waals surface area contributed by atoms with Gasteiger partial charge < -0.3 is 4.57 Å². The number of hydrogen-bond acceptors (Lipinski definition) is 4. The van der Waals surface area contributed by atoms with Crippen molar-refractivity contribution in [3.8, 4) is 17.5 Å². The van der Waals surface area contributed by atoms with Crippen molar-refractivity contribution in [3.05, 3.63) is 76.4 Å². The first-order chi connectivity index (χ1) is 11.7. The Hall–Kier alpha value is -3.59. The van der Waals surface area contributed by atoms with Crippen molar-refractivity contribution in [2.75, 3.05) is 0 Å². The second-order valence-electron chi connectivity index (χ2n) is 5.44. The molecule has 0 spiro atoms. The molecular formula is C18H12N4O2. The third-order valence-corrected chi connectivity index (χ3v) is 3.91. The van der Waals surface area contributed by atoms with E-state index in [-0.39, 0.29) is 0 Å². The largest absolute Gasteiger partial charge is 0.439 e. The van der Waals surface area contributed by atoms with Gasteiger partial charge in [0.25, 0.3) is 0 Å². The first-order valence-corrected chi connectivity index (χ1v) is 7.38. The molecule has 0 unspecified atom stereocenters. The molecule has 1 N–H and O–H groups in total. The molecular weight excluding hydrogens is 304 g/mol. The van der Waals surface area contributed by atoms with Crippen LogP contribution in [0.4, 0.5) is 0 Å². The van der Waals surface area contributed by atoms with Gasteiger partial charge in [-0.25, -0.2) is 4.79 Å². The summed E-state index contributed by atoms with van der Waals surface area (Å²) < 4.78 is 6.58. The molecule has 24 heavy (non-hydrogen) atoms. The Labute approximate surface area is 136 Å². The summed E-state index contributed by atoms with van der Waals surface area (Å²) in [6.07, 6.45) is 1.84. The Kier molecular flexibility index (Phi) is 3.25. The van der Waals surface area contributed by atoms with Gasteiger partial charge in [-0.2, -0.15) is 5.26 Å². The van der Waals surface area contributed by atoms with Crippen LogP contribution in [0.15, 0.2) is 64.0 Å². The maximum absolute atomic E-state index is 11.1. The molecule has 0 aliphatic heterocycles. The Morgan fingerprint density at radius 2 is 2.04 bits per heavy atom. The number of benzene rings is 2. The van der Waals surface area contributed by atoms with E-state index in [1.807, 2.05) is 59.3 Å². The number of rotatable bonds is 3. The van der Waals surface area contributed by atoms with Gasteiger partial charge in [0, 0.05) is 29.2 Å². The van der Waals surface area contributed by atoms with Crippen LogP contribution in [0, 0.1) is 11.3 Å². The molecule has 116 valence electrons. The van der Waals surface area contributed by atoms with Crippen LogP contribution < -0.4 is 5.76 Å². The van der Waals surface area contributed by atoms with Gasteiger partial charge in [0.05, 0.1) is 5.56 Å². The highest BCUT2D eigenvalue weighted by atomic mass is 16.5. The lowest BCUT2D eigenvalue weighted by Gasteiger charge is -2.05. The standard InChI is InChI=1S/C18H12N4O2/c19-9-14-11-22(10-12-4-2-1-3-5-12)16-7-6-13(8-15(14)16)17-20-18(23)24-21-17/h1-8,11H,10H2,(H,20,21,23). The summed E-state index contributed by atoms with van der Waals surface area (Å²) in [5.74, 6) is -0.256. The van der Waals surface area contributed by atoms with Crippen LogP contribution in [0.1, 0.15) is 11.1 Å². The minimum atomic E-state index is -0.604. The van der Waals surface area contributed by atoms with Crippen molar-refractivity contribution in [1.29, 1.82) is 5.26 Å². The second kappa shape index (κ2) is 5.56. The predicted molar refractivity (Wildman–Crippen MR) is 88.3 cm³/mol. The van der Waals surface area contributed by atoms with Gasteiger partial charge in [0.2, 0.25) is 0 Å². The number of fused-ring (bicyclic) bond motifs is 1. The number of nitrogens with one attached hydrogen (secondary N) is 1. The number of hydrogen-bond donors (Lipinski definition) is 1. The highest BCUT2D eigenvalue weighted by Gasteiger charge is 2.12. The lowest BCUT2D eigenvalue weighted by molar-refractivity contribution is 0.388. The Morgan fingerprint density at radius 3 is 2.75 bits per heavy atom. The second-order valence-corrected chi connectivity index (χ2v) is 5.44. The van der Waals surface area contributed by atoms with Crippen LogP contribution in [-0.2, 0) is 6.54 Å². The number of nitrogens with zero attached hydrogens (tertiary/aromatic N) is 3. The van der Waals surface area contributed by atoms with E-state index >= 15 is 0 Å². The first kappa shape index (κ1) is 14.0. The van der Waals surface area contributed by atoms with Gasteiger partial charge in [0.1, 0.15) is 6.07 Å². The molecule has 0 saturated carbocycles. The lowest BCUT2D eigenvalue weighted by atomic mass is 10.1. The minimum absolute atomic E-state index is 0.349. The summed E-state index contributed by atoms with van der Waals surface area (Å²) in [5.41, 5.74) is 3.38. The van der Waals surface area contributed by atoms with E-state index in [4.69, 9.17) is 0 Å². The molecule has 0 amide bonds. The zero-order valence-electron chi connectivity index (χ0n) is 12.6. The average Bonchev–Trinajstić information content (AvgIpc) is 3.19. The van der Waals surface area contributed by atoms with E-state index in [0.29, 0.717) is 23.5 Å². The van der Waals surface area contributed by atoms with E-state index in [0.717, 1.165) is 16.5 Å². The van der Waals surface area contributed by atoms with Crippen LogP contribution in [-0.4, -0.2) is 14.7 Å². The van der Waals surface area contributed by atoms with Gasteiger partial charge in [-0.1, -0.05) is 35.5 Å². The number of aromatic amines is 1. The van der Waals surface area contributed by atoms with Gasteiger partial charge >= 0.3 is 5.76 Å². The lowest BCUT2D eigenvalue weighted by Crippen LogP contribution is -1.97. The smallest absolute Gasteiger partial charge is 0.342 e. The summed E-state index contributed by atoms with van der Waals surface area (Å²) >= 11 is 0. The normalized spacial score (nSPS) is 10.8. The van der Waals surface area contributed by atoms with Crippen LogP contribution in [0.25, 0.3) is 22.3 Å². The highest BCUT2D eigenvalue weighted by molar-refractivity contribution is 5.89. The van der Waals surface area contributed by atoms with Crippen molar-refractivity contribution in [2.45, 2.75) is 6.54 Å². The average molecular weight is 316 g/mol. The zero-order valence-corrected chi connectivity index (χ0v) is 12.6. The Balaban J connectivity index is 1.83. The van der Waals surface area contributed by atoms with Gasteiger partial charge in [-0.15, -0.1) is 0 Å². The summed E-state index contributed by atoms with van der Waals surface area (Å²) in [6, 6.07) is 17.9. The van der Waals surface area contributed by atoms with Crippen molar-refractivity contribution in [1.82, 2.24) is 14.7 Å². The SMILES string of the molecule is N#Cc1cn(Cc2ccccc2)c2ccc(-c3noc(=O)[nH]3)cc12. The molecule has 2 aromatic carbocycles. The molecule has 0 radical (unpaired) electrons. The molecule has 0 bridgehead atoms. The third kappa shape index (κ3) is 2.38. The van der Waals surface area contributed by atoms with E-state index in [1.54, 1.807) is 0 Å². The van der Waals surface area contributed by atoms with E-state index in [1.165, 1.54) is 0 Å². The van der Waals surface area contributed by atoms with Gasteiger partial charge in [-0.3, -0.25) is 9.51 Å². The molecule has 4 rings (SSSR count). The fourth-order valence-corrected chi connectivity index (χ4v) is 2.80. The molecule has 2 aromatic heterocycles. The number of aromatic nitrogens is 3. The van der Waals surface area contributed by atoms with Gasteiger partial charge in [-0.05, 0) is 23.8 Å². The topological polar surface area (TPSA) is 87.6 Å². The molecule has 0 aliphatic rings. The number of nitriles is 1. The Bertz CT molecular complexity index is 1110. The first-order valence-electron chi connectivity index (χ1n) is 7.38. The molecule has 0 fully saturated rings. The third-order valence-electron chi connectivity index (χ3n) is 3.91. The maximum Gasteiger partial charge on any atom is 0.439 e. The van der Waals surface area contributed by atoms with E-state index < -0.39 is 5.76 Å². The highest BCUT2D eigenvalue weighted by Crippen LogP contribution is 2.26. The molecule has 0 atom stereocenters. The molecule has 4 aromatic rings. The van der Waals surface area contributed by atoms with Crippen LogP contribution >= 0.6 is 0 Å². The Morgan fingerprint density at radius 1 is 1.21 bits per heavy atom. The fraction of sp³-hybridized carbons (Fsp3) is 0.0556. The van der Waals surface area contributed by atoms with E-state index in [2.05, 4.69) is 20.7 Å².